The number of halogens is 2. The number of rotatable bonds is 3. The molecular formula is C11H9BrClN3O2. The largest absolute Gasteiger partial charge is 0.476 e. The van der Waals surface area contributed by atoms with E-state index in [0.29, 0.717) is 27.3 Å². The molecule has 0 fully saturated rings. The molecule has 1 heterocycles. The Labute approximate surface area is 117 Å². The molecule has 0 aliphatic rings. The van der Waals surface area contributed by atoms with Crippen molar-refractivity contribution in [1.82, 2.24) is 15.0 Å². The Balaban J connectivity index is 2.65. The Morgan fingerprint density at radius 2 is 2.28 bits per heavy atom. The van der Waals surface area contributed by atoms with E-state index < -0.39 is 5.97 Å². The van der Waals surface area contributed by atoms with Crippen molar-refractivity contribution in [2.75, 3.05) is 0 Å². The van der Waals surface area contributed by atoms with Crippen LogP contribution in [-0.4, -0.2) is 26.1 Å². The number of aromatic nitrogens is 3. The second kappa shape index (κ2) is 5.07. The summed E-state index contributed by atoms with van der Waals surface area (Å²) in [4.78, 5) is 11.0. The summed E-state index contributed by atoms with van der Waals surface area (Å²) in [5.41, 5.74) is 1.16. The molecule has 0 saturated heterocycles. The minimum absolute atomic E-state index is 0.0376. The molecule has 0 unspecified atom stereocenters. The van der Waals surface area contributed by atoms with Gasteiger partial charge in [-0.2, -0.15) is 0 Å². The molecule has 94 valence electrons. The molecular weight excluding hydrogens is 321 g/mol. The molecule has 0 radical (unpaired) electrons. The zero-order valence-electron chi connectivity index (χ0n) is 9.39. The quantitative estimate of drug-likeness (QED) is 0.939. The summed E-state index contributed by atoms with van der Waals surface area (Å²) in [5.74, 6) is -1.09. The SMILES string of the molecule is CCc1c(C(=O)O)nnn1-c1cccc(Cl)c1Br. The third-order valence-corrected chi connectivity index (χ3v) is 3.84. The van der Waals surface area contributed by atoms with E-state index in [-0.39, 0.29) is 5.69 Å². The van der Waals surface area contributed by atoms with Crippen molar-refractivity contribution < 1.29 is 9.90 Å². The molecule has 0 amide bonds. The summed E-state index contributed by atoms with van der Waals surface area (Å²) in [6.45, 7) is 1.85. The maximum Gasteiger partial charge on any atom is 0.358 e. The van der Waals surface area contributed by atoms with Crippen molar-refractivity contribution in [2.45, 2.75) is 13.3 Å². The third-order valence-electron chi connectivity index (χ3n) is 2.46. The highest BCUT2D eigenvalue weighted by Crippen LogP contribution is 2.29. The highest BCUT2D eigenvalue weighted by Gasteiger charge is 2.19. The predicted octanol–water partition coefficient (Wildman–Crippen LogP) is 2.94. The Morgan fingerprint density at radius 1 is 1.56 bits per heavy atom. The number of hydrogen-bond donors (Lipinski definition) is 1. The van der Waals surface area contributed by atoms with Crippen LogP contribution in [0.3, 0.4) is 0 Å². The van der Waals surface area contributed by atoms with E-state index in [1.54, 1.807) is 18.2 Å². The molecule has 2 aromatic rings. The second-order valence-corrected chi connectivity index (χ2v) is 4.73. The van der Waals surface area contributed by atoms with E-state index in [1.807, 2.05) is 6.92 Å². The van der Waals surface area contributed by atoms with Crippen LogP contribution in [0.2, 0.25) is 5.02 Å². The summed E-state index contributed by atoms with van der Waals surface area (Å²) < 4.78 is 2.14. The molecule has 1 aromatic carbocycles. The van der Waals surface area contributed by atoms with Crippen molar-refractivity contribution in [3.05, 3.63) is 39.1 Å². The maximum absolute atomic E-state index is 11.0. The molecule has 0 aliphatic heterocycles. The van der Waals surface area contributed by atoms with Gasteiger partial charge in [0.25, 0.3) is 0 Å². The summed E-state index contributed by atoms with van der Waals surface area (Å²) in [5, 5.41) is 17.1. The zero-order chi connectivity index (χ0) is 13.3. The number of nitrogens with zero attached hydrogens (tertiary/aromatic N) is 3. The fourth-order valence-corrected chi connectivity index (χ4v) is 2.24. The Morgan fingerprint density at radius 3 is 2.89 bits per heavy atom. The molecule has 5 nitrogen and oxygen atoms in total. The van der Waals surface area contributed by atoms with E-state index in [0.717, 1.165) is 0 Å². The fraction of sp³-hybridized carbons (Fsp3) is 0.182. The molecule has 0 spiro atoms. The molecule has 1 aromatic heterocycles. The standard InChI is InChI=1S/C11H9BrClN3O2/c1-2-7-10(11(17)18)14-15-16(7)8-5-3-4-6(13)9(8)12/h3-5H,2H2,1H3,(H,17,18). The van der Waals surface area contributed by atoms with Crippen LogP contribution in [0.1, 0.15) is 23.1 Å². The molecule has 0 atom stereocenters. The van der Waals surface area contributed by atoms with Gasteiger partial charge in [0.1, 0.15) is 0 Å². The summed E-state index contributed by atoms with van der Waals surface area (Å²) in [6.07, 6.45) is 0.508. The van der Waals surface area contributed by atoms with Crippen molar-refractivity contribution in [3.63, 3.8) is 0 Å². The van der Waals surface area contributed by atoms with Crippen LogP contribution in [0.5, 0.6) is 0 Å². The Bertz CT molecular complexity index is 612. The van der Waals surface area contributed by atoms with Crippen molar-refractivity contribution in [3.8, 4) is 5.69 Å². The number of carboxylic acids is 1. The van der Waals surface area contributed by atoms with Gasteiger partial charge in [0.05, 0.1) is 20.9 Å². The van der Waals surface area contributed by atoms with Gasteiger partial charge in [-0.15, -0.1) is 5.10 Å². The van der Waals surface area contributed by atoms with E-state index in [2.05, 4.69) is 26.2 Å². The molecule has 18 heavy (non-hydrogen) atoms. The first kappa shape index (κ1) is 13.0. The van der Waals surface area contributed by atoms with Gasteiger partial charge in [-0.25, -0.2) is 9.48 Å². The lowest BCUT2D eigenvalue weighted by atomic mass is 10.2. The fourth-order valence-electron chi connectivity index (χ4n) is 1.63. The minimum Gasteiger partial charge on any atom is -0.476 e. The van der Waals surface area contributed by atoms with Gasteiger partial charge in [0.15, 0.2) is 5.69 Å². The third kappa shape index (κ3) is 2.13. The minimum atomic E-state index is -1.09. The summed E-state index contributed by atoms with van der Waals surface area (Å²) in [6, 6.07) is 5.29. The van der Waals surface area contributed by atoms with E-state index in [9.17, 15) is 4.79 Å². The van der Waals surface area contributed by atoms with Crippen molar-refractivity contribution >= 4 is 33.5 Å². The number of carboxylic acid groups (broad SMARTS) is 1. The molecule has 0 saturated carbocycles. The van der Waals surface area contributed by atoms with E-state index in [1.165, 1.54) is 4.68 Å². The predicted molar refractivity (Wildman–Crippen MR) is 70.4 cm³/mol. The topological polar surface area (TPSA) is 68.0 Å². The highest BCUT2D eigenvalue weighted by molar-refractivity contribution is 9.10. The lowest BCUT2D eigenvalue weighted by Gasteiger charge is -2.08. The summed E-state index contributed by atoms with van der Waals surface area (Å²) >= 11 is 9.36. The first-order valence-electron chi connectivity index (χ1n) is 5.18. The van der Waals surface area contributed by atoms with Crippen LogP contribution in [0.25, 0.3) is 5.69 Å². The first-order chi connectivity index (χ1) is 8.56. The Hall–Kier alpha value is -1.40. The molecule has 7 heteroatoms. The van der Waals surface area contributed by atoms with Gasteiger partial charge in [-0.3, -0.25) is 0 Å². The monoisotopic (exact) mass is 329 g/mol. The second-order valence-electron chi connectivity index (χ2n) is 3.53. The highest BCUT2D eigenvalue weighted by atomic mass is 79.9. The van der Waals surface area contributed by atoms with Gasteiger partial charge in [0, 0.05) is 0 Å². The molecule has 0 bridgehead atoms. The number of carbonyl (C=O) groups is 1. The lowest BCUT2D eigenvalue weighted by Crippen LogP contribution is -2.06. The maximum atomic E-state index is 11.0. The van der Waals surface area contributed by atoms with Crippen LogP contribution in [0.15, 0.2) is 22.7 Å². The lowest BCUT2D eigenvalue weighted by molar-refractivity contribution is 0.0689. The summed E-state index contributed by atoms with van der Waals surface area (Å²) in [7, 11) is 0. The van der Waals surface area contributed by atoms with Gasteiger partial charge in [-0.1, -0.05) is 29.8 Å². The van der Waals surface area contributed by atoms with Crippen LogP contribution >= 0.6 is 27.5 Å². The van der Waals surface area contributed by atoms with E-state index >= 15 is 0 Å². The van der Waals surface area contributed by atoms with Gasteiger partial charge in [-0.05, 0) is 34.5 Å². The van der Waals surface area contributed by atoms with Crippen LogP contribution in [0, 0.1) is 0 Å². The number of hydrogen-bond acceptors (Lipinski definition) is 3. The van der Waals surface area contributed by atoms with Gasteiger partial charge < -0.3 is 5.11 Å². The smallest absolute Gasteiger partial charge is 0.358 e. The number of aromatic carboxylic acids is 1. The van der Waals surface area contributed by atoms with Crippen LogP contribution in [-0.2, 0) is 6.42 Å². The molecule has 0 aliphatic carbocycles. The van der Waals surface area contributed by atoms with E-state index in [4.69, 9.17) is 16.7 Å². The normalized spacial score (nSPS) is 10.6. The average Bonchev–Trinajstić information content (AvgIpc) is 2.76. The average molecular weight is 331 g/mol. The van der Waals surface area contributed by atoms with Crippen LogP contribution in [0.4, 0.5) is 0 Å². The number of benzene rings is 1. The van der Waals surface area contributed by atoms with Gasteiger partial charge in [0.2, 0.25) is 0 Å². The van der Waals surface area contributed by atoms with Crippen LogP contribution < -0.4 is 0 Å². The zero-order valence-corrected chi connectivity index (χ0v) is 11.7. The molecule has 2 rings (SSSR count). The first-order valence-corrected chi connectivity index (χ1v) is 6.35. The van der Waals surface area contributed by atoms with Crippen molar-refractivity contribution in [1.29, 1.82) is 0 Å². The molecule has 1 N–H and O–H groups in total. The van der Waals surface area contributed by atoms with Gasteiger partial charge >= 0.3 is 5.97 Å². The Kier molecular flexibility index (Phi) is 3.68. The van der Waals surface area contributed by atoms with Crippen molar-refractivity contribution in [2.24, 2.45) is 0 Å².